The first-order valence-corrected chi connectivity index (χ1v) is 6.18. The molecule has 3 rings (SSSR count). The molecule has 15 heavy (non-hydrogen) atoms. The zero-order valence-electron chi connectivity index (χ0n) is 9.34. The lowest BCUT2D eigenvalue weighted by molar-refractivity contribution is 0.709. The van der Waals surface area contributed by atoms with Crippen LogP contribution in [0.3, 0.4) is 0 Å². The van der Waals surface area contributed by atoms with E-state index >= 15 is 0 Å². The second-order valence-corrected chi connectivity index (χ2v) is 4.80. The minimum absolute atomic E-state index is 0.628. The van der Waals surface area contributed by atoms with E-state index in [0.29, 0.717) is 5.92 Å². The van der Waals surface area contributed by atoms with Crippen LogP contribution in [0.4, 0.5) is 0 Å². The van der Waals surface area contributed by atoms with Gasteiger partial charge in [0.1, 0.15) is 5.82 Å². The van der Waals surface area contributed by atoms with Gasteiger partial charge in [-0.3, -0.25) is 0 Å². The van der Waals surface area contributed by atoms with Gasteiger partial charge >= 0.3 is 0 Å². The highest BCUT2D eigenvalue weighted by Gasteiger charge is 2.30. The summed E-state index contributed by atoms with van der Waals surface area (Å²) in [6, 6.07) is 0. The van der Waals surface area contributed by atoms with E-state index in [1.54, 1.807) is 0 Å². The predicted molar refractivity (Wildman–Crippen MR) is 60.2 cm³/mol. The Balaban J connectivity index is 1.88. The monoisotopic (exact) mass is 205 g/mol. The highest BCUT2D eigenvalue weighted by Crippen LogP contribution is 2.41. The topological polar surface area (TPSA) is 40.7 Å². The van der Waals surface area contributed by atoms with Crippen molar-refractivity contribution < 1.29 is 0 Å². The molecule has 82 valence electrons. The second-order valence-electron chi connectivity index (χ2n) is 4.80. The molecule has 1 aliphatic carbocycles. The lowest BCUT2D eigenvalue weighted by Gasteiger charge is -2.02. The summed E-state index contributed by atoms with van der Waals surface area (Å²) in [6.07, 6.45) is 5.03. The second kappa shape index (κ2) is 3.63. The van der Waals surface area contributed by atoms with Gasteiger partial charge in [-0.1, -0.05) is 6.92 Å². The van der Waals surface area contributed by atoms with Gasteiger partial charge in [-0.25, -0.2) is 4.98 Å². The summed E-state index contributed by atoms with van der Waals surface area (Å²) in [5.41, 5.74) is 2.76. The van der Waals surface area contributed by atoms with E-state index in [1.807, 2.05) is 0 Å². The Bertz CT molecular complexity index is 346. The number of aromatic amines is 1. The first-order valence-electron chi connectivity index (χ1n) is 6.18. The normalized spacial score (nSPS) is 26.1. The number of hydrogen-bond donors (Lipinski definition) is 2. The van der Waals surface area contributed by atoms with Crippen molar-refractivity contribution in [2.45, 2.75) is 44.4 Å². The molecule has 3 nitrogen and oxygen atoms in total. The van der Waals surface area contributed by atoms with Crippen molar-refractivity contribution in [3.8, 4) is 0 Å². The standard InChI is InChI=1S/C12H19N3/c1-2-10-11(8-3-4-8)15-12(14-10)9-5-6-13-7-9/h8-9,13H,2-7H2,1H3,(H,14,15). The summed E-state index contributed by atoms with van der Waals surface area (Å²) >= 11 is 0. The molecule has 2 aliphatic rings. The third-order valence-electron chi connectivity index (χ3n) is 3.59. The molecule has 1 saturated carbocycles. The fourth-order valence-electron chi connectivity index (χ4n) is 2.49. The molecule has 1 aromatic heterocycles. The number of H-pyrrole nitrogens is 1. The Labute approximate surface area is 90.7 Å². The summed E-state index contributed by atoms with van der Waals surface area (Å²) < 4.78 is 0. The Morgan fingerprint density at radius 2 is 2.13 bits per heavy atom. The van der Waals surface area contributed by atoms with Crippen LogP contribution in [0.15, 0.2) is 0 Å². The Morgan fingerprint density at radius 1 is 1.27 bits per heavy atom. The van der Waals surface area contributed by atoms with E-state index in [-0.39, 0.29) is 0 Å². The molecule has 1 saturated heterocycles. The lowest BCUT2D eigenvalue weighted by Crippen LogP contribution is -2.08. The number of aryl methyl sites for hydroxylation is 1. The minimum atomic E-state index is 0.628. The first kappa shape index (κ1) is 9.40. The van der Waals surface area contributed by atoms with Crippen LogP contribution in [-0.4, -0.2) is 23.1 Å². The van der Waals surface area contributed by atoms with Gasteiger partial charge in [0.05, 0.1) is 5.69 Å². The summed E-state index contributed by atoms with van der Waals surface area (Å²) in [5, 5.41) is 3.40. The quantitative estimate of drug-likeness (QED) is 0.791. The summed E-state index contributed by atoms with van der Waals surface area (Å²) in [4.78, 5) is 8.37. The summed E-state index contributed by atoms with van der Waals surface area (Å²) in [7, 11) is 0. The summed E-state index contributed by atoms with van der Waals surface area (Å²) in [5.74, 6) is 2.64. The van der Waals surface area contributed by atoms with Crippen LogP contribution >= 0.6 is 0 Å². The zero-order valence-corrected chi connectivity index (χ0v) is 9.34. The van der Waals surface area contributed by atoms with Gasteiger partial charge in [0, 0.05) is 24.1 Å². The molecule has 0 bridgehead atoms. The third kappa shape index (κ3) is 1.69. The van der Waals surface area contributed by atoms with Crippen LogP contribution in [0.25, 0.3) is 0 Å². The molecule has 2 N–H and O–H groups in total. The van der Waals surface area contributed by atoms with Crippen LogP contribution in [0.2, 0.25) is 0 Å². The van der Waals surface area contributed by atoms with Gasteiger partial charge in [-0.15, -0.1) is 0 Å². The Hall–Kier alpha value is -0.830. The number of imidazole rings is 1. The molecular formula is C12H19N3. The van der Waals surface area contributed by atoms with Crippen molar-refractivity contribution in [3.05, 3.63) is 17.2 Å². The van der Waals surface area contributed by atoms with E-state index < -0.39 is 0 Å². The van der Waals surface area contributed by atoms with Crippen LogP contribution in [0.1, 0.15) is 55.2 Å². The molecule has 3 heteroatoms. The average Bonchev–Trinajstić information content (AvgIpc) is 2.83. The van der Waals surface area contributed by atoms with Gasteiger partial charge in [-0.2, -0.15) is 0 Å². The molecule has 1 aromatic rings. The number of nitrogens with zero attached hydrogens (tertiary/aromatic N) is 1. The highest BCUT2D eigenvalue weighted by molar-refractivity contribution is 5.24. The number of rotatable bonds is 3. The van der Waals surface area contributed by atoms with E-state index in [4.69, 9.17) is 4.98 Å². The Morgan fingerprint density at radius 3 is 2.73 bits per heavy atom. The van der Waals surface area contributed by atoms with Gasteiger partial charge in [0.15, 0.2) is 0 Å². The Kier molecular flexibility index (Phi) is 2.28. The SMILES string of the molecule is CCc1[nH]c(C2CCNC2)nc1C1CC1. The number of aromatic nitrogens is 2. The molecule has 1 atom stereocenters. The van der Waals surface area contributed by atoms with Gasteiger partial charge in [0.25, 0.3) is 0 Å². The predicted octanol–water partition coefficient (Wildman–Crippen LogP) is 1.93. The largest absolute Gasteiger partial charge is 0.345 e. The van der Waals surface area contributed by atoms with Crippen molar-refractivity contribution in [3.63, 3.8) is 0 Å². The molecule has 1 unspecified atom stereocenters. The first-order chi connectivity index (χ1) is 7.38. The molecule has 0 radical (unpaired) electrons. The maximum Gasteiger partial charge on any atom is 0.111 e. The third-order valence-corrected chi connectivity index (χ3v) is 3.59. The minimum Gasteiger partial charge on any atom is -0.345 e. The molecule has 0 spiro atoms. The van der Waals surface area contributed by atoms with Crippen LogP contribution in [-0.2, 0) is 6.42 Å². The van der Waals surface area contributed by atoms with Crippen LogP contribution in [0.5, 0.6) is 0 Å². The molecular weight excluding hydrogens is 186 g/mol. The van der Waals surface area contributed by atoms with Gasteiger partial charge < -0.3 is 10.3 Å². The zero-order chi connectivity index (χ0) is 10.3. The molecule has 0 aromatic carbocycles. The van der Waals surface area contributed by atoms with Crippen molar-refractivity contribution in [2.24, 2.45) is 0 Å². The molecule has 0 amide bonds. The maximum absolute atomic E-state index is 4.83. The van der Waals surface area contributed by atoms with Crippen molar-refractivity contribution in [2.75, 3.05) is 13.1 Å². The smallest absolute Gasteiger partial charge is 0.111 e. The number of nitrogens with one attached hydrogen (secondary N) is 2. The van der Waals surface area contributed by atoms with Crippen LogP contribution in [0, 0.1) is 0 Å². The maximum atomic E-state index is 4.83. The van der Waals surface area contributed by atoms with E-state index in [1.165, 1.54) is 36.5 Å². The lowest BCUT2D eigenvalue weighted by atomic mass is 10.1. The average molecular weight is 205 g/mol. The fourth-order valence-corrected chi connectivity index (χ4v) is 2.49. The van der Waals surface area contributed by atoms with Crippen molar-refractivity contribution >= 4 is 0 Å². The molecule has 2 fully saturated rings. The molecule has 1 aliphatic heterocycles. The van der Waals surface area contributed by atoms with E-state index in [2.05, 4.69) is 17.2 Å². The van der Waals surface area contributed by atoms with E-state index in [9.17, 15) is 0 Å². The van der Waals surface area contributed by atoms with Crippen LogP contribution < -0.4 is 5.32 Å². The van der Waals surface area contributed by atoms with Crippen molar-refractivity contribution in [1.29, 1.82) is 0 Å². The number of hydrogen-bond acceptors (Lipinski definition) is 2. The van der Waals surface area contributed by atoms with Gasteiger partial charge in [-0.05, 0) is 32.2 Å². The van der Waals surface area contributed by atoms with E-state index in [0.717, 1.165) is 25.4 Å². The van der Waals surface area contributed by atoms with Gasteiger partial charge in [0.2, 0.25) is 0 Å². The fraction of sp³-hybridized carbons (Fsp3) is 0.750. The molecule has 2 heterocycles. The highest BCUT2D eigenvalue weighted by atomic mass is 15.0. The summed E-state index contributed by atoms with van der Waals surface area (Å²) in [6.45, 7) is 4.46. The van der Waals surface area contributed by atoms with Crippen molar-refractivity contribution in [1.82, 2.24) is 15.3 Å².